The van der Waals surface area contributed by atoms with Crippen molar-refractivity contribution < 1.29 is 9.53 Å². The summed E-state index contributed by atoms with van der Waals surface area (Å²) >= 11 is 0. The highest BCUT2D eigenvalue weighted by atomic mass is 16.5. The van der Waals surface area contributed by atoms with Gasteiger partial charge >= 0.3 is 6.03 Å². The maximum atomic E-state index is 12.1. The molecular weight excluding hydrogens is 254 g/mol. The molecule has 0 radical (unpaired) electrons. The molecule has 0 spiro atoms. The monoisotopic (exact) mass is 269 g/mol. The molecule has 102 valence electrons. The zero-order valence-corrected chi connectivity index (χ0v) is 11.1. The lowest BCUT2D eigenvalue weighted by atomic mass is 10.3. The zero-order chi connectivity index (χ0) is 13.9. The standard InChI is InChI=1S/C15H15N3O2/c1-20-14-9-5-8-13(10-14)18-15(19)16-11-17(18)12-6-3-2-4-7-12/h2-10H,11H2,1H3,(H,16,19). The Morgan fingerprint density at radius 3 is 2.55 bits per heavy atom. The normalized spacial score (nSPS) is 14.3. The van der Waals surface area contributed by atoms with Crippen LogP contribution in [0.15, 0.2) is 54.6 Å². The lowest BCUT2D eigenvalue weighted by Gasteiger charge is -2.27. The van der Waals surface area contributed by atoms with Gasteiger partial charge < -0.3 is 10.1 Å². The van der Waals surface area contributed by atoms with Crippen molar-refractivity contribution in [1.29, 1.82) is 0 Å². The molecule has 1 aliphatic heterocycles. The molecule has 1 aliphatic rings. The van der Waals surface area contributed by atoms with Crippen LogP contribution < -0.4 is 20.1 Å². The Morgan fingerprint density at radius 1 is 1.05 bits per heavy atom. The van der Waals surface area contributed by atoms with Crippen LogP contribution in [0, 0.1) is 0 Å². The number of carbonyl (C=O) groups excluding carboxylic acids is 1. The summed E-state index contributed by atoms with van der Waals surface area (Å²) in [6.45, 7) is 0.445. The largest absolute Gasteiger partial charge is 0.497 e. The highest BCUT2D eigenvalue weighted by Gasteiger charge is 2.30. The molecule has 1 heterocycles. The lowest BCUT2D eigenvalue weighted by molar-refractivity contribution is 0.252. The summed E-state index contributed by atoms with van der Waals surface area (Å²) in [5.74, 6) is 0.718. The van der Waals surface area contributed by atoms with Crippen LogP contribution in [0.5, 0.6) is 5.75 Å². The highest BCUT2D eigenvalue weighted by Crippen LogP contribution is 2.27. The number of carbonyl (C=O) groups is 1. The summed E-state index contributed by atoms with van der Waals surface area (Å²) < 4.78 is 5.21. The van der Waals surface area contributed by atoms with Gasteiger partial charge in [-0.1, -0.05) is 24.3 Å². The summed E-state index contributed by atoms with van der Waals surface area (Å²) in [6.07, 6.45) is 0. The number of anilines is 2. The first-order chi connectivity index (χ1) is 9.79. The Balaban J connectivity index is 1.98. The fraction of sp³-hybridized carbons (Fsp3) is 0.133. The second-order valence-corrected chi connectivity index (χ2v) is 4.39. The molecule has 5 heteroatoms. The Kier molecular flexibility index (Phi) is 3.16. The van der Waals surface area contributed by atoms with E-state index in [0.717, 1.165) is 17.1 Å². The van der Waals surface area contributed by atoms with Crippen molar-refractivity contribution in [3.05, 3.63) is 54.6 Å². The number of benzene rings is 2. The Labute approximate surface area is 117 Å². The number of hydrazine groups is 1. The SMILES string of the molecule is COc1cccc(N2C(=O)NCN2c2ccccc2)c1. The second-order valence-electron chi connectivity index (χ2n) is 4.39. The van der Waals surface area contributed by atoms with Gasteiger partial charge in [0.1, 0.15) is 12.4 Å². The minimum absolute atomic E-state index is 0.151. The third-order valence-corrected chi connectivity index (χ3v) is 3.17. The first kappa shape index (κ1) is 12.3. The molecule has 2 aromatic rings. The molecule has 20 heavy (non-hydrogen) atoms. The van der Waals surface area contributed by atoms with Crippen LogP contribution in [0.2, 0.25) is 0 Å². The third kappa shape index (κ3) is 2.14. The van der Waals surface area contributed by atoms with Crippen LogP contribution >= 0.6 is 0 Å². The lowest BCUT2D eigenvalue weighted by Crippen LogP contribution is -2.38. The van der Waals surface area contributed by atoms with E-state index in [1.807, 2.05) is 59.6 Å². The Morgan fingerprint density at radius 2 is 1.80 bits per heavy atom. The second kappa shape index (κ2) is 5.13. The minimum atomic E-state index is -0.151. The smallest absolute Gasteiger partial charge is 0.342 e. The number of hydrogen-bond donors (Lipinski definition) is 1. The number of rotatable bonds is 3. The molecule has 0 aliphatic carbocycles. The summed E-state index contributed by atoms with van der Waals surface area (Å²) in [5.41, 5.74) is 1.72. The van der Waals surface area contributed by atoms with E-state index in [2.05, 4.69) is 5.32 Å². The van der Waals surface area contributed by atoms with E-state index in [1.54, 1.807) is 12.1 Å². The van der Waals surface area contributed by atoms with Gasteiger partial charge in [-0.2, -0.15) is 0 Å². The average Bonchev–Trinajstić information content (AvgIpc) is 2.90. The van der Waals surface area contributed by atoms with Crippen molar-refractivity contribution in [2.24, 2.45) is 0 Å². The van der Waals surface area contributed by atoms with Crippen LogP contribution in [0.1, 0.15) is 0 Å². The topological polar surface area (TPSA) is 44.8 Å². The van der Waals surface area contributed by atoms with Crippen LogP contribution in [-0.2, 0) is 0 Å². The molecule has 3 rings (SSSR count). The molecule has 1 N–H and O–H groups in total. The predicted octanol–water partition coefficient (Wildman–Crippen LogP) is 2.60. The summed E-state index contributed by atoms with van der Waals surface area (Å²) in [6, 6.07) is 17.1. The van der Waals surface area contributed by atoms with Gasteiger partial charge in [-0.3, -0.25) is 5.01 Å². The number of ether oxygens (including phenoxy) is 1. The van der Waals surface area contributed by atoms with E-state index in [0.29, 0.717) is 6.67 Å². The molecule has 0 unspecified atom stereocenters. The molecule has 0 aromatic heterocycles. The van der Waals surface area contributed by atoms with Gasteiger partial charge in [0.05, 0.1) is 18.5 Å². The van der Waals surface area contributed by atoms with Gasteiger partial charge in [0, 0.05) is 6.07 Å². The van der Waals surface area contributed by atoms with Crippen molar-refractivity contribution in [2.75, 3.05) is 23.8 Å². The molecule has 2 amide bonds. The van der Waals surface area contributed by atoms with Gasteiger partial charge in [-0.05, 0) is 24.3 Å². The van der Waals surface area contributed by atoms with E-state index in [1.165, 1.54) is 0 Å². The number of amides is 2. The minimum Gasteiger partial charge on any atom is -0.497 e. The number of nitrogens with zero attached hydrogens (tertiary/aromatic N) is 2. The van der Waals surface area contributed by atoms with Gasteiger partial charge in [0.2, 0.25) is 0 Å². The van der Waals surface area contributed by atoms with Crippen molar-refractivity contribution in [3.63, 3.8) is 0 Å². The highest BCUT2D eigenvalue weighted by molar-refractivity contribution is 5.97. The van der Waals surface area contributed by atoms with Gasteiger partial charge in [-0.15, -0.1) is 0 Å². The van der Waals surface area contributed by atoms with Crippen molar-refractivity contribution in [1.82, 2.24) is 5.32 Å². The van der Waals surface area contributed by atoms with Crippen LogP contribution in [-0.4, -0.2) is 19.8 Å². The fourth-order valence-electron chi connectivity index (χ4n) is 2.20. The summed E-state index contributed by atoms with van der Waals surface area (Å²) in [5, 5.41) is 6.32. The van der Waals surface area contributed by atoms with Gasteiger partial charge in [0.25, 0.3) is 0 Å². The predicted molar refractivity (Wildman–Crippen MR) is 77.8 cm³/mol. The summed E-state index contributed by atoms with van der Waals surface area (Å²) in [7, 11) is 1.61. The average molecular weight is 269 g/mol. The number of nitrogens with one attached hydrogen (secondary N) is 1. The van der Waals surface area contributed by atoms with E-state index in [-0.39, 0.29) is 6.03 Å². The molecule has 2 aromatic carbocycles. The quantitative estimate of drug-likeness (QED) is 0.931. The van der Waals surface area contributed by atoms with Gasteiger partial charge in [-0.25, -0.2) is 9.80 Å². The number of methoxy groups -OCH3 is 1. The van der Waals surface area contributed by atoms with E-state index in [4.69, 9.17) is 4.74 Å². The van der Waals surface area contributed by atoms with Crippen molar-refractivity contribution >= 4 is 17.4 Å². The Hall–Kier alpha value is -2.69. The van der Waals surface area contributed by atoms with E-state index >= 15 is 0 Å². The molecule has 0 bridgehead atoms. The Bertz CT molecular complexity index is 616. The zero-order valence-electron chi connectivity index (χ0n) is 11.1. The summed E-state index contributed by atoms with van der Waals surface area (Å²) in [4.78, 5) is 12.1. The van der Waals surface area contributed by atoms with E-state index in [9.17, 15) is 4.79 Å². The van der Waals surface area contributed by atoms with Crippen molar-refractivity contribution in [2.45, 2.75) is 0 Å². The molecule has 1 fully saturated rings. The molecule has 1 saturated heterocycles. The number of hydrogen-bond acceptors (Lipinski definition) is 3. The van der Waals surface area contributed by atoms with Crippen molar-refractivity contribution in [3.8, 4) is 5.75 Å². The first-order valence-corrected chi connectivity index (χ1v) is 6.34. The van der Waals surface area contributed by atoms with Crippen LogP contribution in [0.3, 0.4) is 0 Å². The van der Waals surface area contributed by atoms with E-state index < -0.39 is 0 Å². The maximum Gasteiger partial charge on any atom is 0.342 e. The van der Waals surface area contributed by atoms with Crippen LogP contribution in [0.25, 0.3) is 0 Å². The molecule has 5 nitrogen and oxygen atoms in total. The molecule has 0 saturated carbocycles. The van der Waals surface area contributed by atoms with Crippen LogP contribution in [0.4, 0.5) is 16.2 Å². The molecule has 0 atom stereocenters. The molecular formula is C15H15N3O2. The van der Waals surface area contributed by atoms with Gasteiger partial charge in [0.15, 0.2) is 0 Å². The first-order valence-electron chi connectivity index (χ1n) is 6.34. The number of para-hydroxylation sites is 1. The third-order valence-electron chi connectivity index (χ3n) is 3.17. The number of urea groups is 1. The maximum absolute atomic E-state index is 12.1. The fourth-order valence-corrected chi connectivity index (χ4v) is 2.20.